The van der Waals surface area contributed by atoms with Crippen LogP contribution in [0.5, 0.6) is 0 Å². The topological polar surface area (TPSA) is 20.2 Å². The van der Waals surface area contributed by atoms with Crippen LogP contribution in [0.25, 0.3) is 0 Å². The molecule has 1 N–H and O–H groups in total. The summed E-state index contributed by atoms with van der Waals surface area (Å²) in [5, 5.41) is 10.7. The minimum atomic E-state index is -0.821. The second-order valence-electron chi connectivity index (χ2n) is 5.25. The van der Waals surface area contributed by atoms with E-state index in [1.165, 1.54) is 16.7 Å². The quantitative estimate of drug-likeness (QED) is 0.866. The van der Waals surface area contributed by atoms with Crippen LogP contribution in [0.1, 0.15) is 29.2 Å². The molecule has 0 aliphatic carbocycles. The van der Waals surface area contributed by atoms with Gasteiger partial charge in [-0.15, -0.1) is 0 Å². The van der Waals surface area contributed by atoms with Gasteiger partial charge in [0.25, 0.3) is 0 Å². The fourth-order valence-electron chi connectivity index (χ4n) is 2.26. The molecule has 0 heterocycles. The number of hydrogen-bond donors (Lipinski definition) is 1. The van der Waals surface area contributed by atoms with Gasteiger partial charge in [-0.05, 0) is 37.5 Å². The van der Waals surface area contributed by atoms with E-state index in [0.29, 0.717) is 6.42 Å². The van der Waals surface area contributed by atoms with Crippen molar-refractivity contribution >= 4 is 0 Å². The number of rotatable bonds is 3. The maximum Gasteiger partial charge on any atom is 0.0908 e. The van der Waals surface area contributed by atoms with Crippen molar-refractivity contribution in [2.24, 2.45) is 0 Å². The lowest BCUT2D eigenvalue weighted by Gasteiger charge is -2.25. The van der Waals surface area contributed by atoms with Gasteiger partial charge < -0.3 is 5.11 Å². The molecule has 2 rings (SSSR count). The highest BCUT2D eigenvalue weighted by Gasteiger charge is 2.24. The van der Waals surface area contributed by atoms with Gasteiger partial charge in [0.05, 0.1) is 5.60 Å². The van der Waals surface area contributed by atoms with Crippen molar-refractivity contribution in [3.05, 3.63) is 70.8 Å². The highest BCUT2D eigenvalue weighted by atomic mass is 16.3. The highest BCUT2D eigenvalue weighted by molar-refractivity contribution is 5.32. The lowest BCUT2D eigenvalue weighted by Crippen LogP contribution is -2.24. The maximum atomic E-state index is 10.7. The van der Waals surface area contributed by atoms with E-state index in [2.05, 4.69) is 25.1 Å². The number of aliphatic hydroxyl groups is 1. The van der Waals surface area contributed by atoms with Crippen LogP contribution in [0, 0.1) is 13.8 Å². The molecular formula is C17H20O. The van der Waals surface area contributed by atoms with Gasteiger partial charge in [0.2, 0.25) is 0 Å². The molecule has 94 valence electrons. The van der Waals surface area contributed by atoms with Crippen molar-refractivity contribution in [2.45, 2.75) is 32.8 Å². The lowest BCUT2D eigenvalue weighted by molar-refractivity contribution is 0.0574. The Balaban J connectivity index is 2.30. The fourth-order valence-corrected chi connectivity index (χ4v) is 2.26. The molecule has 1 nitrogen and oxygen atoms in total. The Hall–Kier alpha value is -1.60. The molecular weight excluding hydrogens is 220 g/mol. The Morgan fingerprint density at radius 3 is 2.39 bits per heavy atom. The molecule has 2 aromatic carbocycles. The summed E-state index contributed by atoms with van der Waals surface area (Å²) in [6.45, 7) is 6.02. The third-order valence-electron chi connectivity index (χ3n) is 3.44. The molecule has 1 heteroatoms. The molecule has 18 heavy (non-hydrogen) atoms. The average molecular weight is 240 g/mol. The molecule has 0 aromatic heterocycles. The predicted octanol–water partition coefficient (Wildman–Crippen LogP) is 3.75. The van der Waals surface area contributed by atoms with E-state index in [0.717, 1.165) is 5.56 Å². The van der Waals surface area contributed by atoms with Crippen molar-refractivity contribution < 1.29 is 5.11 Å². The van der Waals surface area contributed by atoms with Crippen LogP contribution in [0.4, 0.5) is 0 Å². The average Bonchev–Trinajstić information content (AvgIpc) is 2.32. The van der Waals surface area contributed by atoms with Gasteiger partial charge in [-0.25, -0.2) is 0 Å². The van der Waals surface area contributed by atoms with E-state index in [1.54, 1.807) is 0 Å². The molecule has 0 radical (unpaired) electrons. The first kappa shape index (κ1) is 12.8. The summed E-state index contributed by atoms with van der Waals surface area (Å²) in [4.78, 5) is 0. The number of benzene rings is 2. The van der Waals surface area contributed by atoms with Crippen LogP contribution >= 0.6 is 0 Å². The zero-order chi connectivity index (χ0) is 13.2. The van der Waals surface area contributed by atoms with E-state index in [4.69, 9.17) is 0 Å². The Bertz CT molecular complexity index is 541. The maximum absolute atomic E-state index is 10.7. The van der Waals surface area contributed by atoms with Gasteiger partial charge >= 0.3 is 0 Å². The van der Waals surface area contributed by atoms with E-state index in [-0.39, 0.29) is 0 Å². The molecule has 1 unspecified atom stereocenters. The van der Waals surface area contributed by atoms with E-state index >= 15 is 0 Å². The third kappa shape index (κ3) is 2.80. The molecule has 0 aliphatic rings. The van der Waals surface area contributed by atoms with Gasteiger partial charge in [-0.3, -0.25) is 0 Å². The predicted molar refractivity (Wildman–Crippen MR) is 75.6 cm³/mol. The summed E-state index contributed by atoms with van der Waals surface area (Å²) in [5.74, 6) is 0. The minimum absolute atomic E-state index is 0.642. The second kappa shape index (κ2) is 4.95. The van der Waals surface area contributed by atoms with Crippen LogP contribution in [0.15, 0.2) is 48.5 Å². The first-order valence-corrected chi connectivity index (χ1v) is 6.33. The monoisotopic (exact) mass is 240 g/mol. The van der Waals surface area contributed by atoms with Gasteiger partial charge in [0.15, 0.2) is 0 Å². The van der Waals surface area contributed by atoms with Crippen molar-refractivity contribution in [1.29, 1.82) is 0 Å². The SMILES string of the molecule is Cc1cccc(C(C)(O)Cc2ccccc2C)c1. The van der Waals surface area contributed by atoms with Gasteiger partial charge in [0, 0.05) is 6.42 Å². The summed E-state index contributed by atoms with van der Waals surface area (Å²) in [7, 11) is 0. The molecule has 0 spiro atoms. The van der Waals surface area contributed by atoms with E-state index < -0.39 is 5.60 Å². The lowest BCUT2D eigenvalue weighted by atomic mass is 9.87. The second-order valence-corrected chi connectivity index (χ2v) is 5.25. The van der Waals surface area contributed by atoms with Crippen LogP contribution in [-0.2, 0) is 12.0 Å². The summed E-state index contributed by atoms with van der Waals surface area (Å²) in [6.07, 6.45) is 0.642. The van der Waals surface area contributed by atoms with Crippen molar-refractivity contribution in [3.8, 4) is 0 Å². The summed E-state index contributed by atoms with van der Waals surface area (Å²) >= 11 is 0. The standard InChI is InChI=1S/C17H20O/c1-13-7-6-10-16(11-13)17(3,18)12-15-9-5-4-8-14(15)2/h4-11,18H,12H2,1-3H3. The molecule has 0 saturated carbocycles. The molecule has 2 aromatic rings. The zero-order valence-corrected chi connectivity index (χ0v) is 11.3. The molecule has 0 aliphatic heterocycles. The van der Waals surface area contributed by atoms with Crippen LogP contribution in [0.3, 0.4) is 0 Å². The van der Waals surface area contributed by atoms with Gasteiger partial charge in [0.1, 0.15) is 0 Å². The number of aryl methyl sites for hydroxylation is 2. The Labute approximate surface area is 109 Å². The summed E-state index contributed by atoms with van der Waals surface area (Å²) in [5.41, 5.74) is 3.76. The minimum Gasteiger partial charge on any atom is -0.385 e. The fraction of sp³-hybridized carbons (Fsp3) is 0.294. The van der Waals surface area contributed by atoms with Crippen molar-refractivity contribution in [3.63, 3.8) is 0 Å². The third-order valence-corrected chi connectivity index (χ3v) is 3.44. The molecule has 0 fully saturated rings. The van der Waals surface area contributed by atoms with E-state index in [1.807, 2.05) is 44.2 Å². The van der Waals surface area contributed by atoms with Gasteiger partial charge in [-0.2, -0.15) is 0 Å². The number of hydrogen-bond acceptors (Lipinski definition) is 1. The summed E-state index contributed by atoms with van der Waals surface area (Å²) < 4.78 is 0. The molecule has 0 saturated heterocycles. The molecule has 1 atom stereocenters. The van der Waals surface area contributed by atoms with Crippen LogP contribution in [0.2, 0.25) is 0 Å². The smallest absolute Gasteiger partial charge is 0.0908 e. The Morgan fingerprint density at radius 2 is 1.72 bits per heavy atom. The normalized spacial score (nSPS) is 14.2. The van der Waals surface area contributed by atoms with Gasteiger partial charge in [-0.1, -0.05) is 54.1 Å². The van der Waals surface area contributed by atoms with Crippen molar-refractivity contribution in [1.82, 2.24) is 0 Å². The Morgan fingerprint density at radius 1 is 1.00 bits per heavy atom. The zero-order valence-electron chi connectivity index (χ0n) is 11.3. The van der Waals surface area contributed by atoms with Crippen LogP contribution < -0.4 is 0 Å². The van der Waals surface area contributed by atoms with E-state index in [9.17, 15) is 5.11 Å². The first-order chi connectivity index (χ1) is 8.49. The van der Waals surface area contributed by atoms with Crippen molar-refractivity contribution in [2.75, 3.05) is 0 Å². The largest absolute Gasteiger partial charge is 0.385 e. The molecule has 0 amide bonds. The first-order valence-electron chi connectivity index (χ1n) is 6.33. The summed E-state index contributed by atoms with van der Waals surface area (Å²) in [6, 6.07) is 16.3. The van der Waals surface area contributed by atoms with Crippen LogP contribution in [-0.4, -0.2) is 5.11 Å². The highest BCUT2D eigenvalue weighted by Crippen LogP contribution is 2.27. The molecule has 0 bridgehead atoms. The Kier molecular flexibility index (Phi) is 3.53.